The molecule has 0 amide bonds. The van der Waals surface area contributed by atoms with Gasteiger partial charge in [-0.3, -0.25) is 0 Å². The van der Waals surface area contributed by atoms with Gasteiger partial charge in [0.15, 0.2) is 0 Å². The van der Waals surface area contributed by atoms with Crippen LogP contribution in [0.2, 0.25) is 0 Å². The molecule has 7 heteroatoms. The third kappa shape index (κ3) is 2.75. The third-order valence-electron chi connectivity index (χ3n) is 1.66. The van der Waals surface area contributed by atoms with E-state index >= 15 is 0 Å². The molecule has 0 unspecified atom stereocenters. The van der Waals surface area contributed by atoms with Crippen LogP contribution >= 0.6 is 11.3 Å². The zero-order chi connectivity index (χ0) is 11.6. The van der Waals surface area contributed by atoms with Gasteiger partial charge in [0.05, 0.1) is 12.3 Å². The molecule has 0 fully saturated rings. The molecule has 1 rings (SSSR count). The highest BCUT2D eigenvalue weighted by Gasteiger charge is 2.21. The Labute approximate surface area is 94.0 Å². The van der Waals surface area contributed by atoms with Crippen molar-refractivity contribution in [1.29, 1.82) is 0 Å². The van der Waals surface area contributed by atoms with E-state index in [1.807, 2.05) is 0 Å². The second-order valence-electron chi connectivity index (χ2n) is 3.40. The van der Waals surface area contributed by atoms with Gasteiger partial charge >= 0.3 is 0 Å². The molecule has 0 bridgehead atoms. The molecule has 1 aromatic rings. The maximum atomic E-state index is 11.5. The normalized spacial score (nSPS) is 14.5. The summed E-state index contributed by atoms with van der Waals surface area (Å²) < 4.78 is 15.5. The van der Waals surface area contributed by atoms with E-state index < -0.39 is 16.2 Å². The summed E-state index contributed by atoms with van der Waals surface area (Å²) in [6.07, 6.45) is 0. The molecule has 0 aliphatic heterocycles. The van der Waals surface area contributed by atoms with Gasteiger partial charge in [0.1, 0.15) is 10.6 Å². The van der Waals surface area contributed by atoms with Gasteiger partial charge < -0.3 is 18.8 Å². The number of hydrogen-bond donors (Lipinski definition) is 2. The van der Waals surface area contributed by atoms with Crippen molar-refractivity contribution < 1.29 is 14.4 Å². The molecule has 0 aliphatic carbocycles. The topological polar surface area (TPSA) is 82.8 Å². The highest BCUT2D eigenvalue weighted by atomic mass is 32.2. The van der Waals surface area contributed by atoms with E-state index in [0.29, 0.717) is 14.9 Å². The number of rotatable bonds is 3. The fourth-order valence-electron chi connectivity index (χ4n) is 0.919. The van der Waals surface area contributed by atoms with Crippen LogP contribution in [-0.2, 0) is 27.0 Å². The minimum absolute atomic E-state index is 0.302. The van der Waals surface area contributed by atoms with Gasteiger partial charge in [-0.05, 0) is 18.1 Å². The molecule has 0 radical (unpaired) electrons. The fourth-order valence-corrected chi connectivity index (χ4v) is 2.95. The van der Waals surface area contributed by atoms with Crippen molar-refractivity contribution in [3.8, 4) is 0 Å². The monoisotopic (exact) mass is 249 g/mol. The molecule has 2 N–H and O–H groups in total. The van der Waals surface area contributed by atoms with Gasteiger partial charge in [0.25, 0.3) is 0 Å². The Morgan fingerprint density at radius 3 is 2.60 bits per heavy atom. The molecule has 1 heterocycles. The summed E-state index contributed by atoms with van der Waals surface area (Å²) in [5.41, 5.74) is -0.772. The zero-order valence-electron chi connectivity index (χ0n) is 8.72. The first-order chi connectivity index (χ1) is 6.90. The Hall–Kier alpha value is -0.500. The predicted molar refractivity (Wildman–Crippen MR) is 58.0 cm³/mol. The van der Waals surface area contributed by atoms with E-state index in [2.05, 4.69) is 9.35 Å². The highest BCUT2D eigenvalue weighted by Crippen LogP contribution is 2.29. The van der Waals surface area contributed by atoms with E-state index in [9.17, 15) is 9.32 Å². The first-order valence-electron chi connectivity index (χ1n) is 4.25. The van der Waals surface area contributed by atoms with E-state index in [1.165, 1.54) is 7.05 Å². The molecule has 0 saturated heterocycles. The summed E-state index contributed by atoms with van der Waals surface area (Å²) in [5.74, 6) is 0. The molecular formula is C8H13N2O3S2-. The van der Waals surface area contributed by atoms with Crippen LogP contribution in [0.3, 0.4) is 0 Å². The average molecular weight is 249 g/mol. The zero-order valence-corrected chi connectivity index (χ0v) is 10.4. The van der Waals surface area contributed by atoms with Crippen LogP contribution < -0.4 is 0 Å². The molecule has 0 atom stereocenters. The molecular weight excluding hydrogens is 236 g/mol. The van der Waals surface area contributed by atoms with Crippen molar-refractivity contribution in [2.75, 3.05) is 7.05 Å². The van der Waals surface area contributed by atoms with E-state index in [-0.39, 0.29) is 6.61 Å². The van der Waals surface area contributed by atoms with Crippen LogP contribution in [0.25, 0.3) is 0 Å². The Morgan fingerprint density at radius 1 is 1.60 bits per heavy atom. The highest BCUT2D eigenvalue weighted by molar-refractivity contribution is 7.77. The lowest BCUT2D eigenvalue weighted by Gasteiger charge is -2.12. The second-order valence-corrected chi connectivity index (χ2v) is 5.93. The van der Waals surface area contributed by atoms with Gasteiger partial charge in [0, 0.05) is 7.05 Å². The molecule has 0 aromatic carbocycles. The standard InChI is InChI=1S/C8H13N2O3S2/c1-8(2,12)7-10-5(4-11)6(14-7)15(13)9-3/h11-12H,4H2,1-3H3/q-1. The number of aliphatic hydroxyl groups excluding tert-OH is 1. The minimum atomic E-state index is -1.51. The van der Waals surface area contributed by atoms with Crippen molar-refractivity contribution in [3.63, 3.8) is 0 Å². The number of aliphatic hydroxyl groups is 2. The SMILES string of the molecule is CN=[S-](=O)c1sc(C(C)(C)O)nc1CO. The molecule has 0 saturated carbocycles. The van der Waals surface area contributed by atoms with Crippen LogP contribution in [0.4, 0.5) is 0 Å². The third-order valence-corrected chi connectivity index (χ3v) is 4.43. The van der Waals surface area contributed by atoms with Crippen molar-refractivity contribution >= 4 is 21.9 Å². The summed E-state index contributed by atoms with van der Waals surface area (Å²) in [6, 6.07) is 0. The van der Waals surface area contributed by atoms with Crippen molar-refractivity contribution in [1.82, 2.24) is 4.98 Å². The van der Waals surface area contributed by atoms with Crippen LogP contribution in [0, 0.1) is 0 Å². The molecule has 0 spiro atoms. The van der Waals surface area contributed by atoms with Gasteiger partial charge in [0.2, 0.25) is 0 Å². The fraction of sp³-hybridized carbons (Fsp3) is 0.625. The summed E-state index contributed by atoms with van der Waals surface area (Å²) in [7, 11) is -0.0746. The smallest absolute Gasteiger partial charge is 0.123 e. The Kier molecular flexibility index (Phi) is 3.82. The Morgan fingerprint density at radius 2 is 2.20 bits per heavy atom. The lowest BCUT2D eigenvalue weighted by molar-refractivity contribution is 0.0779. The van der Waals surface area contributed by atoms with Crippen molar-refractivity contribution in [2.24, 2.45) is 4.36 Å². The Bertz CT molecular complexity index is 428. The molecule has 1 aromatic heterocycles. The minimum Gasteiger partial charge on any atom is -0.439 e. The quantitative estimate of drug-likeness (QED) is 0.783. The summed E-state index contributed by atoms with van der Waals surface area (Å²) in [5, 5.41) is 19.2. The van der Waals surface area contributed by atoms with E-state index in [1.54, 1.807) is 13.8 Å². The lowest BCUT2D eigenvalue weighted by Crippen LogP contribution is -2.14. The largest absolute Gasteiger partial charge is 0.439 e. The maximum Gasteiger partial charge on any atom is 0.123 e. The van der Waals surface area contributed by atoms with E-state index in [4.69, 9.17) is 5.11 Å². The number of aromatic nitrogens is 1. The van der Waals surface area contributed by atoms with Gasteiger partial charge in [-0.25, -0.2) is 4.98 Å². The number of nitrogens with zero attached hydrogens (tertiary/aromatic N) is 2. The molecule has 5 nitrogen and oxygen atoms in total. The summed E-state index contributed by atoms with van der Waals surface area (Å²) in [4.78, 5) is 4.03. The first kappa shape index (κ1) is 12.6. The first-order valence-corrected chi connectivity index (χ1v) is 6.17. The Balaban J connectivity index is 3.30. The number of thiazole rings is 1. The number of hydrogen-bond acceptors (Lipinski definition) is 7. The molecule has 0 aliphatic rings. The predicted octanol–water partition coefficient (Wildman–Crippen LogP) is 0.999. The van der Waals surface area contributed by atoms with Gasteiger partial charge in [-0.15, -0.1) is 21.9 Å². The van der Waals surface area contributed by atoms with E-state index in [0.717, 1.165) is 11.3 Å². The van der Waals surface area contributed by atoms with Gasteiger partial charge in [-0.2, -0.15) is 0 Å². The second kappa shape index (κ2) is 4.56. The van der Waals surface area contributed by atoms with Crippen molar-refractivity contribution in [2.45, 2.75) is 30.3 Å². The van der Waals surface area contributed by atoms with Crippen LogP contribution in [-0.4, -0.2) is 22.2 Å². The summed E-state index contributed by atoms with van der Waals surface area (Å²) >= 11 is 1.11. The van der Waals surface area contributed by atoms with Crippen LogP contribution in [0.15, 0.2) is 8.57 Å². The van der Waals surface area contributed by atoms with Crippen LogP contribution in [0.5, 0.6) is 0 Å². The van der Waals surface area contributed by atoms with Gasteiger partial charge in [-0.1, -0.05) is 0 Å². The molecule has 86 valence electrons. The molecule has 15 heavy (non-hydrogen) atoms. The average Bonchev–Trinajstić information content (AvgIpc) is 2.59. The summed E-state index contributed by atoms with van der Waals surface area (Å²) in [6.45, 7) is 2.87. The van der Waals surface area contributed by atoms with Crippen LogP contribution in [0.1, 0.15) is 24.5 Å². The maximum absolute atomic E-state index is 11.5. The van der Waals surface area contributed by atoms with Crippen molar-refractivity contribution in [3.05, 3.63) is 10.7 Å². The lowest BCUT2D eigenvalue weighted by atomic mass is 10.2.